The lowest BCUT2D eigenvalue weighted by Crippen LogP contribution is -2.48. The van der Waals surface area contributed by atoms with Gasteiger partial charge >= 0.3 is 5.97 Å². The summed E-state index contributed by atoms with van der Waals surface area (Å²) in [6.07, 6.45) is 0. The predicted octanol–water partition coefficient (Wildman–Crippen LogP) is -0.615. The van der Waals surface area contributed by atoms with Gasteiger partial charge in [0.2, 0.25) is 0 Å². The largest absolute Gasteiger partial charge is 0.480 e. The number of carbonyl (C=O) groups is 2. The van der Waals surface area contributed by atoms with Crippen molar-refractivity contribution in [3.05, 3.63) is 17.8 Å². The molecule has 8 heteroatoms. The van der Waals surface area contributed by atoms with E-state index in [0.29, 0.717) is 37.7 Å². The normalized spacial score (nSPS) is 15.8. The Kier molecular flexibility index (Phi) is 4.69. The van der Waals surface area contributed by atoms with Crippen LogP contribution in [0.2, 0.25) is 0 Å². The van der Waals surface area contributed by atoms with Crippen LogP contribution in [-0.4, -0.2) is 83.8 Å². The molecule has 1 aliphatic heterocycles. The van der Waals surface area contributed by atoms with Crippen LogP contribution in [-0.2, 0) is 4.79 Å². The van der Waals surface area contributed by atoms with Crippen LogP contribution in [0.3, 0.4) is 0 Å². The van der Waals surface area contributed by atoms with Gasteiger partial charge in [0.15, 0.2) is 11.5 Å². The summed E-state index contributed by atoms with van der Waals surface area (Å²) in [4.78, 5) is 27.8. The van der Waals surface area contributed by atoms with Crippen LogP contribution in [0.1, 0.15) is 10.5 Å². The molecule has 1 aliphatic rings. The average Bonchev–Trinajstić information content (AvgIpc) is 2.47. The maximum atomic E-state index is 11.7. The topological polar surface area (TPSA) is 89.9 Å². The van der Waals surface area contributed by atoms with Gasteiger partial charge in [0.05, 0.1) is 6.54 Å². The maximum absolute atomic E-state index is 11.7. The fraction of sp³-hybridized carbons (Fsp3) is 0.538. The molecule has 0 saturated carbocycles. The Morgan fingerprint density at radius 1 is 1.19 bits per heavy atom. The van der Waals surface area contributed by atoms with Crippen LogP contribution in [0.5, 0.6) is 0 Å². The number of nitrogens with zero attached hydrogens (tertiary/aromatic N) is 5. The van der Waals surface area contributed by atoms with Gasteiger partial charge in [-0.15, -0.1) is 10.2 Å². The standard InChI is InChI=1S/C13H19N5O3/c1-16(2)13(21)10-3-4-11(15-14-10)18-7-5-17(6-8-18)9-12(19)20/h3-4H,5-9H2,1-2H3,(H,19,20). The minimum Gasteiger partial charge on any atom is -0.480 e. The van der Waals surface area contributed by atoms with Gasteiger partial charge in [-0.05, 0) is 12.1 Å². The summed E-state index contributed by atoms with van der Waals surface area (Å²) in [5.41, 5.74) is 0.313. The predicted molar refractivity (Wildman–Crippen MR) is 76.3 cm³/mol. The SMILES string of the molecule is CN(C)C(=O)c1ccc(N2CCN(CC(=O)O)CC2)nn1. The molecular formula is C13H19N5O3. The molecule has 1 amide bonds. The first-order chi connectivity index (χ1) is 9.97. The molecule has 1 aromatic heterocycles. The highest BCUT2D eigenvalue weighted by Gasteiger charge is 2.20. The number of piperazine rings is 1. The lowest BCUT2D eigenvalue weighted by atomic mass is 10.3. The average molecular weight is 293 g/mol. The first-order valence-corrected chi connectivity index (χ1v) is 6.72. The minimum atomic E-state index is -0.810. The second-order valence-electron chi connectivity index (χ2n) is 5.13. The highest BCUT2D eigenvalue weighted by molar-refractivity contribution is 5.91. The first-order valence-electron chi connectivity index (χ1n) is 6.72. The Labute approximate surface area is 123 Å². The molecule has 21 heavy (non-hydrogen) atoms. The van der Waals surface area contributed by atoms with Crippen molar-refractivity contribution >= 4 is 17.7 Å². The Balaban J connectivity index is 1.95. The van der Waals surface area contributed by atoms with E-state index in [1.807, 2.05) is 9.80 Å². The number of aliphatic carboxylic acids is 1. The zero-order chi connectivity index (χ0) is 15.4. The van der Waals surface area contributed by atoms with Gasteiger partial charge in [-0.25, -0.2) is 0 Å². The summed E-state index contributed by atoms with van der Waals surface area (Å²) in [6, 6.07) is 3.44. The highest BCUT2D eigenvalue weighted by atomic mass is 16.4. The number of anilines is 1. The molecule has 1 saturated heterocycles. The molecule has 0 radical (unpaired) electrons. The van der Waals surface area contributed by atoms with Crippen molar-refractivity contribution in [2.45, 2.75) is 0 Å². The molecule has 0 spiro atoms. The lowest BCUT2D eigenvalue weighted by Gasteiger charge is -2.34. The van der Waals surface area contributed by atoms with E-state index < -0.39 is 5.97 Å². The Bertz CT molecular complexity index is 509. The molecule has 1 N–H and O–H groups in total. The van der Waals surface area contributed by atoms with Crippen molar-refractivity contribution in [2.24, 2.45) is 0 Å². The van der Waals surface area contributed by atoms with Crippen molar-refractivity contribution in [3.63, 3.8) is 0 Å². The van der Waals surface area contributed by atoms with Crippen molar-refractivity contribution in [3.8, 4) is 0 Å². The third kappa shape index (κ3) is 3.88. The third-order valence-corrected chi connectivity index (χ3v) is 3.33. The molecular weight excluding hydrogens is 274 g/mol. The van der Waals surface area contributed by atoms with Gasteiger partial charge in [-0.3, -0.25) is 14.5 Å². The van der Waals surface area contributed by atoms with E-state index in [-0.39, 0.29) is 12.5 Å². The molecule has 114 valence electrons. The molecule has 0 bridgehead atoms. The number of carbonyl (C=O) groups excluding carboxylic acids is 1. The second-order valence-corrected chi connectivity index (χ2v) is 5.13. The molecule has 0 unspecified atom stereocenters. The number of amides is 1. The molecule has 2 heterocycles. The molecule has 1 fully saturated rings. The van der Waals surface area contributed by atoms with Crippen molar-refractivity contribution in [2.75, 3.05) is 51.7 Å². The van der Waals surface area contributed by atoms with E-state index in [9.17, 15) is 9.59 Å². The second kappa shape index (κ2) is 6.49. The smallest absolute Gasteiger partial charge is 0.317 e. The van der Waals surface area contributed by atoms with Gasteiger partial charge in [0.25, 0.3) is 5.91 Å². The van der Waals surface area contributed by atoms with Gasteiger partial charge in [0, 0.05) is 40.3 Å². The Hall–Kier alpha value is -2.22. The van der Waals surface area contributed by atoms with Gasteiger partial charge in [-0.2, -0.15) is 0 Å². The van der Waals surface area contributed by atoms with Crippen LogP contribution < -0.4 is 4.90 Å². The number of aromatic nitrogens is 2. The summed E-state index contributed by atoms with van der Waals surface area (Å²) in [7, 11) is 3.33. The molecule has 0 aliphatic carbocycles. The van der Waals surface area contributed by atoms with Crippen LogP contribution in [0, 0.1) is 0 Å². The summed E-state index contributed by atoms with van der Waals surface area (Å²) >= 11 is 0. The summed E-state index contributed by atoms with van der Waals surface area (Å²) in [5.74, 6) is -0.282. The number of hydrogen-bond donors (Lipinski definition) is 1. The fourth-order valence-electron chi connectivity index (χ4n) is 2.16. The zero-order valence-electron chi connectivity index (χ0n) is 12.2. The molecule has 8 nitrogen and oxygen atoms in total. The van der Waals surface area contributed by atoms with Crippen LogP contribution >= 0.6 is 0 Å². The van der Waals surface area contributed by atoms with Gasteiger partial charge < -0.3 is 14.9 Å². The van der Waals surface area contributed by atoms with E-state index in [1.165, 1.54) is 4.90 Å². The van der Waals surface area contributed by atoms with E-state index >= 15 is 0 Å². The summed E-state index contributed by atoms with van der Waals surface area (Å²) in [5, 5.41) is 16.8. The van der Waals surface area contributed by atoms with E-state index in [4.69, 9.17) is 5.11 Å². The molecule has 0 aromatic carbocycles. The van der Waals surface area contributed by atoms with Crippen LogP contribution in [0.4, 0.5) is 5.82 Å². The van der Waals surface area contributed by atoms with Crippen LogP contribution in [0.25, 0.3) is 0 Å². The molecule has 2 rings (SSSR count). The number of carboxylic acid groups (broad SMARTS) is 1. The van der Waals surface area contributed by atoms with Crippen molar-refractivity contribution < 1.29 is 14.7 Å². The molecule has 0 atom stereocenters. The summed E-state index contributed by atoms with van der Waals surface area (Å²) < 4.78 is 0. The van der Waals surface area contributed by atoms with Crippen molar-refractivity contribution in [1.29, 1.82) is 0 Å². The fourth-order valence-corrected chi connectivity index (χ4v) is 2.16. The highest BCUT2D eigenvalue weighted by Crippen LogP contribution is 2.13. The maximum Gasteiger partial charge on any atom is 0.317 e. The number of carboxylic acids is 1. The van der Waals surface area contributed by atoms with E-state index in [0.717, 1.165) is 0 Å². The quantitative estimate of drug-likeness (QED) is 0.791. The van der Waals surface area contributed by atoms with Gasteiger partial charge in [-0.1, -0.05) is 0 Å². The monoisotopic (exact) mass is 293 g/mol. The number of rotatable bonds is 4. The van der Waals surface area contributed by atoms with E-state index in [2.05, 4.69) is 10.2 Å². The van der Waals surface area contributed by atoms with Crippen molar-refractivity contribution in [1.82, 2.24) is 20.0 Å². The third-order valence-electron chi connectivity index (χ3n) is 3.33. The van der Waals surface area contributed by atoms with E-state index in [1.54, 1.807) is 26.2 Å². The minimum absolute atomic E-state index is 0.0653. The zero-order valence-corrected chi connectivity index (χ0v) is 12.2. The summed E-state index contributed by atoms with van der Waals surface area (Å²) in [6.45, 7) is 2.81. The van der Waals surface area contributed by atoms with Crippen LogP contribution in [0.15, 0.2) is 12.1 Å². The first kappa shape index (κ1) is 15.2. The Morgan fingerprint density at radius 2 is 1.86 bits per heavy atom. The Morgan fingerprint density at radius 3 is 2.33 bits per heavy atom. The van der Waals surface area contributed by atoms with Gasteiger partial charge in [0.1, 0.15) is 0 Å². The lowest BCUT2D eigenvalue weighted by molar-refractivity contribution is -0.138. The number of hydrogen-bond acceptors (Lipinski definition) is 6. The molecule has 1 aromatic rings.